The number of halogens is 2. The van der Waals surface area contributed by atoms with Crippen molar-refractivity contribution in [2.24, 2.45) is 0 Å². The Labute approximate surface area is 117 Å². The zero-order valence-corrected chi connectivity index (χ0v) is 11.6. The van der Waals surface area contributed by atoms with E-state index in [4.69, 9.17) is 15.6 Å². The first-order valence-corrected chi connectivity index (χ1v) is 6.12. The number of benzene rings is 1. The number of anilines is 1. The Hall–Kier alpha value is -1.73. The van der Waals surface area contributed by atoms with Crippen molar-refractivity contribution in [3.05, 3.63) is 34.2 Å². The first-order valence-electron chi connectivity index (χ1n) is 5.32. The van der Waals surface area contributed by atoms with Crippen LogP contribution in [0.5, 0.6) is 5.75 Å². The summed E-state index contributed by atoms with van der Waals surface area (Å²) in [7, 11) is 1.53. The maximum absolute atomic E-state index is 13.3. The first kappa shape index (κ1) is 13.7. The van der Waals surface area contributed by atoms with Gasteiger partial charge in [0.05, 0.1) is 16.8 Å². The molecule has 0 saturated carbocycles. The topological polar surface area (TPSA) is 81.3 Å². The Balaban J connectivity index is 2.52. The van der Waals surface area contributed by atoms with Gasteiger partial charge in [-0.15, -0.1) is 0 Å². The van der Waals surface area contributed by atoms with Crippen LogP contribution in [0.4, 0.5) is 10.2 Å². The lowest BCUT2D eigenvalue weighted by Gasteiger charge is -2.08. The second kappa shape index (κ2) is 5.50. The largest absolute Gasteiger partial charge is 0.505 e. The van der Waals surface area contributed by atoms with E-state index in [0.717, 1.165) is 6.07 Å². The fraction of sp³-hybridized carbons (Fsp3) is 0.167. The molecule has 5 nitrogen and oxygen atoms in total. The van der Waals surface area contributed by atoms with Crippen molar-refractivity contribution in [3.63, 3.8) is 0 Å². The van der Waals surface area contributed by atoms with Gasteiger partial charge in [-0.1, -0.05) is 0 Å². The van der Waals surface area contributed by atoms with Crippen molar-refractivity contribution in [1.29, 1.82) is 0 Å². The van der Waals surface area contributed by atoms with E-state index >= 15 is 0 Å². The molecule has 0 bridgehead atoms. The molecule has 2 rings (SSSR count). The number of nitrogen functional groups attached to an aromatic ring is 1. The summed E-state index contributed by atoms with van der Waals surface area (Å²) in [5.74, 6) is -0.654. The number of nitrogens with two attached hydrogens (primary N) is 1. The van der Waals surface area contributed by atoms with Gasteiger partial charge in [-0.3, -0.25) is 0 Å². The van der Waals surface area contributed by atoms with Crippen LogP contribution in [-0.4, -0.2) is 22.2 Å². The molecule has 2 aromatic rings. The highest BCUT2D eigenvalue weighted by molar-refractivity contribution is 9.10. The molecule has 0 amide bonds. The number of aromatic nitrogens is 2. The predicted molar refractivity (Wildman–Crippen MR) is 71.9 cm³/mol. The van der Waals surface area contributed by atoms with Crippen molar-refractivity contribution in [3.8, 4) is 17.1 Å². The molecule has 1 heterocycles. The average molecular weight is 328 g/mol. The van der Waals surface area contributed by atoms with Gasteiger partial charge in [-0.25, -0.2) is 14.4 Å². The third kappa shape index (κ3) is 2.82. The van der Waals surface area contributed by atoms with Crippen LogP contribution in [0.25, 0.3) is 11.4 Å². The average Bonchev–Trinajstić information content (AvgIpc) is 2.38. The van der Waals surface area contributed by atoms with Gasteiger partial charge in [0.25, 0.3) is 0 Å². The second-order valence-electron chi connectivity index (χ2n) is 3.79. The Morgan fingerprint density at radius 2 is 2.16 bits per heavy atom. The highest BCUT2D eigenvalue weighted by Crippen LogP contribution is 2.27. The van der Waals surface area contributed by atoms with Gasteiger partial charge in [-0.2, -0.15) is 0 Å². The normalized spacial score (nSPS) is 10.7. The van der Waals surface area contributed by atoms with E-state index in [1.165, 1.54) is 19.2 Å². The maximum Gasteiger partial charge on any atom is 0.165 e. The quantitative estimate of drug-likeness (QED) is 0.905. The minimum absolute atomic E-state index is 0.241. The SMILES string of the molecule is COCc1nc(-c2ccc(O)c(F)c2)nc(N)c1Br. The molecule has 1 aromatic heterocycles. The minimum Gasteiger partial charge on any atom is -0.505 e. The van der Waals surface area contributed by atoms with Gasteiger partial charge >= 0.3 is 0 Å². The van der Waals surface area contributed by atoms with E-state index in [1.54, 1.807) is 0 Å². The Kier molecular flexibility index (Phi) is 3.96. The van der Waals surface area contributed by atoms with Crippen LogP contribution in [-0.2, 0) is 11.3 Å². The number of methoxy groups -OCH3 is 1. The molecule has 0 radical (unpaired) electrons. The molecular formula is C12H11BrFN3O2. The molecule has 0 fully saturated rings. The van der Waals surface area contributed by atoms with E-state index in [2.05, 4.69) is 25.9 Å². The molecule has 0 aliphatic heterocycles. The van der Waals surface area contributed by atoms with Crippen LogP contribution in [0.3, 0.4) is 0 Å². The Morgan fingerprint density at radius 1 is 1.42 bits per heavy atom. The monoisotopic (exact) mass is 327 g/mol. The van der Waals surface area contributed by atoms with E-state index < -0.39 is 11.6 Å². The molecule has 0 spiro atoms. The number of aromatic hydroxyl groups is 1. The highest BCUT2D eigenvalue weighted by Gasteiger charge is 2.12. The molecule has 0 saturated heterocycles. The zero-order chi connectivity index (χ0) is 14.0. The number of phenols is 1. The van der Waals surface area contributed by atoms with Crippen LogP contribution in [0.1, 0.15) is 5.69 Å². The summed E-state index contributed by atoms with van der Waals surface area (Å²) < 4.78 is 18.9. The number of nitrogens with zero attached hydrogens (tertiary/aromatic N) is 2. The third-order valence-corrected chi connectivity index (χ3v) is 3.30. The van der Waals surface area contributed by atoms with Gasteiger partial charge < -0.3 is 15.6 Å². The number of hydrogen-bond acceptors (Lipinski definition) is 5. The fourth-order valence-electron chi connectivity index (χ4n) is 1.52. The fourth-order valence-corrected chi connectivity index (χ4v) is 1.81. The Morgan fingerprint density at radius 3 is 2.79 bits per heavy atom. The summed E-state index contributed by atoms with van der Waals surface area (Å²) in [6.07, 6.45) is 0. The van der Waals surface area contributed by atoms with Crippen LogP contribution in [0.15, 0.2) is 22.7 Å². The smallest absolute Gasteiger partial charge is 0.165 e. The molecule has 0 aliphatic carbocycles. The van der Waals surface area contributed by atoms with Gasteiger partial charge in [-0.05, 0) is 34.1 Å². The molecule has 1 aromatic carbocycles. The molecule has 19 heavy (non-hydrogen) atoms. The minimum atomic E-state index is -0.740. The lowest BCUT2D eigenvalue weighted by Crippen LogP contribution is -2.04. The van der Waals surface area contributed by atoms with Crippen LogP contribution in [0, 0.1) is 5.82 Å². The number of rotatable bonds is 3. The summed E-state index contributed by atoms with van der Waals surface area (Å²) in [5.41, 5.74) is 6.75. The second-order valence-corrected chi connectivity index (χ2v) is 4.59. The van der Waals surface area contributed by atoms with Gasteiger partial charge in [0.2, 0.25) is 0 Å². The predicted octanol–water partition coefficient (Wildman–Crippen LogP) is 2.48. The molecular weight excluding hydrogens is 317 g/mol. The molecule has 0 aliphatic rings. The van der Waals surface area contributed by atoms with E-state index in [9.17, 15) is 4.39 Å². The lowest BCUT2D eigenvalue weighted by molar-refractivity contribution is 0.181. The summed E-state index contributed by atoms with van der Waals surface area (Å²) in [6.45, 7) is 0.251. The Bertz CT molecular complexity index is 622. The summed E-state index contributed by atoms with van der Waals surface area (Å²) in [4.78, 5) is 8.33. The van der Waals surface area contributed by atoms with Crippen molar-refractivity contribution in [2.45, 2.75) is 6.61 Å². The summed E-state index contributed by atoms with van der Waals surface area (Å²) >= 11 is 3.27. The number of ether oxygens (including phenoxy) is 1. The van der Waals surface area contributed by atoms with Gasteiger partial charge in [0.1, 0.15) is 5.82 Å². The summed E-state index contributed by atoms with van der Waals surface area (Å²) in [6, 6.07) is 3.90. The number of phenolic OH excluding ortho intramolecular Hbond substituents is 1. The van der Waals surface area contributed by atoms with E-state index in [0.29, 0.717) is 15.7 Å². The maximum atomic E-state index is 13.3. The van der Waals surface area contributed by atoms with E-state index in [-0.39, 0.29) is 18.2 Å². The summed E-state index contributed by atoms with van der Waals surface area (Å²) in [5, 5.41) is 9.16. The van der Waals surface area contributed by atoms with Crippen LogP contribution in [0.2, 0.25) is 0 Å². The van der Waals surface area contributed by atoms with Crippen molar-refractivity contribution in [1.82, 2.24) is 9.97 Å². The van der Waals surface area contributed by atoms with Crippen LogP contribution >= 0.6 is 15.9 Å². The van der Waals surface area contributed by atoms with Crippen LogP contribution < -0.4 is 5.73 Å². The zero-order valence-electron chi connectivity index (χ0n) is 10.0. The molecule has 0 atom stereocenters. The van der Waals surface area contributed by atoms with Crippen molar-refractivity contribution < 1.29 is 14.2 Å². The number of hydrogen-bond donors (Lipinski definition) is 2. The van der Waals surface area contributed by atoms with Gasteiger partial charge in [0, 0.05) is 12.7 Å². The molecule has 3 N–H and O–H groups in total. The van der Waals surface area contributed by atoms with Crippen molar-refractivity contribution in [2.75, 3.05) is 12.8 Å². The standard InChI is InChI=1S/C12H11BrFN3O2/c1-19-5-8-10(13)11(15)17-12(16-8)6-2-3-9(18)7(14)4-6/h2-4,18H,5H2,1H3,(H2,15,16,17). The van der Waals surface area contributed by atoms with Gasteiger partial charge in [0.15, 0.2) is 17.4 Å². The third-order valence-electron chi connectivity index (χ3n) is 2.43. The first-order chi connectivity index (χ1) is 9.02. The van der Waals surface area contributed by atoms with E-state index in [1.807, 2.05) is 0 Å². The highest BCUT2D eigenvalue weighted by atomic mass is 79.9. The molecule has 100 valence electrons. The molecule has 7 heteroatoms. The lowest BCUT2D eigenvalue weighted by atomic mass is 10.2. The molecule has 0 unspecified atom stereocenters. The van der Waals surface area contributed by atoms with Crippen molar-refractivity contribution >= 4 is 21.7 Å².